The minimum Gasteiger partial charge on any atom is -0.496 e. The van der Waals surface area contributed by atoms with Gasteiger partial charge in [0.1, 0.15) is 17.1 Å². The average Bonchev–Trinajstić information content (AvgIpc) is 3.26. The molecule has 4 rings (SSSR count). The summed E-state index contributed by atoms with van der Waals surface area (Å²) in [5.41, 5.74) is 3.65. The van der Waals surface area contributed by atoms with Crippen LogP contribution in [0.1, 0.15) is 6.42 Å². The molecule has 26 heavy (non-hydrogen) atoms. The first kappa shape index (κ1) is 17.2. The first-order valence-corrected chi connectivity index (χ1v) is 9.22. The molecule has 3 heterocycles. The van der Waals surface area contributed by atoms with Gasteiger partial charge in [0.15, 0.2) is 0 Å². The van der Waals surface area contributed by atoms with E-state index < -0.39 is 0 Å². The summed E-state index contributed by atoms with van der Waals surface area (Å²) in [7, 11) is 3.26. The minimum absolute atomic E-state index is 0.248. The van der Waals surface area contributed by atoms with Gasteiger partial charge in [-0.2, -0.15) is 0 Å². The molecule has 0 spiro atoms. The molecule has 0 aliphatic carbocycles. The lowest BCUT2D eigenvalue weighted by molar-refractivity contribution is 0.198. The van der Waals surface area contributed by atoms with E-state index >= 15 is 0 Å². The van der Waals surface area contributed by atoms with Crippen molar-refractivity contribution < 1.29 is 14.6 Å². The first-order chi connectivity index (χ1) is 12.6. The predicted molar refractivity (Wildman–Crippen MR) is 104 cm³/mol. The van der Waals surface area contributed by atoms with E-state index in [-0.39, 0.29) is 6.10 Å². The van der Waals surface area contributed by atoms with Crippen molar-refractivity contribution in [2.75, 3.05) is 32.2 Å². The van der Waals surface area contributed by atoms with Crippen molar-refractivity contribution in [3.63, 3.8) is 0 Å². The lowest BCUT2D eigenvalue weighted by Crippen LogP contribution is -2.21. The summed E-state index contributed by atoms with van der Waals surface area (Å²) in [6.45, 7) is 1.53. The Morgan fingerprint density at radius 2 is 2.00 bits per heavy atom. The summed E-state index contributed by atoms with van der Waals surface area (Å²) in [6.07, 6.45) is 4.54. The number of halogens is 1. The monoisotopic (exact) mass is 417 g/mol. The number of methoxy groups -OCH3 is 2. The SMILES string of the molecule is COc1cc(OC)c(-c2cn3ccc(N4CCC(O)C4)cc3n2)cc1Br. The second-order valence-electron chi connectivity index (χ2n) is 6.35. The zero-order valence-electron chi connectivity index (χ0n) is 14.6. The molecule has 1 aliphatic heterocycles. The standard InChI is InChI=1S/C19H20BrN3O3/c1-25-17-9-18(26-2)15(20)8-14(17)16-11-23-5-3-12(7-19(23)21-16)22-6-4-13(24)10-22/h3,5,7-9,11,13,24H,4,6,10H2,1-2H3. The van der Waals surface area contributed by atoms with Gasteiger partial charge in [0.2, 0.25) is 0 Å². The van der Waals surface area contributed by atoms with E-state index in [4.69, 9.17) is 14.5 Å². The van der Waals surface area contributed by atoms with Crippen LogP contribution in [0.15, 0.2) is 41.1 Å². The topological polar surface area (TPSA) is 59.2 Å². The van der Waals surface area contributed by atoms with Crippen LogP contribution in [-0.2, 0) is 0 Å². The molecule has 136 valence electrons. The van der Waals surface area contributed by atoms with Crippen LogP contribution < -0.4 is 14.4 Å². The molecule has 1 saturated heterocycles. The van der Waals surface area contributed by atoms with Gasteiger partial charge >= 0.3 is 0 Å². The maximum Gasteiger partial charge on any atom is 0.139 e. The number of rotatable bonds is 4. The molecule has 7 heteroatoms. The molecule has 0 amide bonds. The zero-order chi connectivity index (χ0) is 18.3. The lowest BCUT2D eigenvalue weighted by atomic mass is 10.1. The highest BCUT2D eigenvalue weighted by Gasteiger charge is 2.21. The molecule has 1 aromatic carbocycles. The molecule has 1 N–H and O–H groups in total. The Balaban J connectivity index is 1.75. The number of benzene rings is 1. The highest BCUT2D eigenvalue weighted by Crippen LogP contribution is 2.38. The summed E-state index contributed by atoms with van der Waals surface area (Å²) < 4.78 is 13.7. The molecule has 2 aromatic heterocycles. The van der Waals surface area contributed by atoms with Gasteiger partial charge in [0.05, 0.1) is 30.5 Å². The molecular weight excluding hydrogens is 398 g/mol. The van der Waals surface area contributed by atoms with Crippen molar-refractivity contribution in [1.29, 1.82) is 0 Å². The van der Waals surface area contributed by atoms with Crippen LogP contribution in [0.2, 0.25) is 0 Å². The summed E-state index contributed by atoms with van der Waals surface area (Å²) in [5, 5.41) is 9.76. The number of hydrogen-bond acceptors (Lipinski definition) is 5. The number of anilines is 1. The van der Waals surface area contributed by atoms with Crippen molar-refractivity contribution in [1.82, 2.24) is 9.38 Å². The van der Waals surface area contributed by atoms with Gasteiger partial charge in [-0.05, 0) is 34.5 Å². The van der Waals surface area contributed by atoms with Gasteiger partial charge in [0.25, 0.3) is 0 Å². The van der Waals surface area contributed by atoms with E-state index in [1.165, 1.54) is 0 Å². The van der Waals surface area contributed by atoms with Gasteiger partial charge in [0, 0.05) is 48.9 Å². The van der Waals surface area contributed by atoms with Crippen molar-refractivity contribution in [2.24, 2.45) is 0 Å². The third kappa shape index (κ3) is 3.01. The van der Waals surface area contributed by atoms with Crippen LogP contribution in [-0.4, -0.2) is 47.9 Å². The van der Waals surface area contributed by atoms with Gasteiger partial charge in [-0.25, -0.2) is 4.98 Å². The third-order valence-electron chi connectivity index (χ3n) is 4.72. The zero-order valence-corrected chi connectivity index (χ0v) is 16.2. The number of fused-ring (bicyclic) bond motifs is 1. The Labute approximate surface area is 160 Å². The second kappa shape index (κ2) is 6.81. The minimum atomic E-state index is -0.248. The Morgan fingerprint density at radius 1 is 1.19 bits per heavy atom. The normalized spacial score (nSPS) is 17.1. The van der Waals surface area contributed by atoms with Crippen molar-refractivity contribution in [2.45, 2.75) is 12.5 Å². The molecular formula is C19H20BrN3O3. The smallest absolute Gasteiger partial charge is 0.139 e. The van der Waals surface area contributed by atoms with Crippen LogP contribution >= 0.6 is 15.9 Å². The molecule has 1 atom stereocenters. The number of aromatic nitrogens is 2. The number of hydrogen-bond donors (Lipinski definition) is 1. The average molecular weight is 418 g/mol. The Morgan fingerprint density at radius 3 is 2.69 bits per heavy atom. The number of pyridine rings is 1. The first-order valence-electron chi connectivity index (χ1n) is 8.42. The van der Waals surface area contributed by atoms with Gasteiger partial charge in [-0.15, -0.1) is 0 Å². The van der Waals surface area contributed by atoms with Gasteiger partial charge in [-0.1, -0.05) is 0 Å². The summed E-state index contributed by atoms with van der Waals surface area (Å²) >= 11 is 3.53. The number of β-amino-alcohol motifs (C(OH)–C–C–N with tert-alkyl or cyclic N) is 1. The predicted octanol–water partition coefficient (Wildman–Crippen LogP) is 3.35. The number of aliphatic hydroxyl groups excluding tert-OH is 1. The second-order valence-corrected chi connectivity index (χ2v) is 7.21. The summed E-state index contributed by atoms with van der Waals surface area (Å²) in [5.74, 6) is 1.42. The van der Waals surface area contributed by atoms with E-state index in [0.717, 1.165) is 40.0 Å². The molecule has 1 unspecified atom stereocenters. The Kier molecular flexibility index (Phi) is 4.50. The van der Waals surface area contributed by atoms with E-state index in [1.54, 1.807) is 14.2 Å². The number of ether oxygens (including phenoxy) is 2. The maximum absolute atomic E-state index is 9.76. The molecule has 0 radical (unpaired) electrons. The fraction of sp³-hybridized carbons (Fsp3) is 0.316. The fourth-order valence-corrected chi connectivity index (χ4v) is 3.84. The van der Waals surface area contributed by atoms with Crippen LogP contribution in [0.25, 0.3) is 16.9 Å². The molecule has 0 bridgehead atoms. The van der Waals surface area contributed by atoms with Crippen molar-refractivity contribution in [3.8, 4) is 22.8 Å². The maximum atomic E-state index is 9.76. The number of nitrogens with zero attached hydrogens (tertiary/aromatic N) is 3. The van der Waals surface area contributed by atoms with E-state index in [1.807, 2.05) is 35.0 Å². The van der Waals surface area contributed by atoms with Crippen LogP contribution in [0, 0.1) is 0 Å². The Hall–Kier alpha value is -2.25. The highest BCUT2D eigenvalue weighted by atomic mass is 79.9. The van der Waals surface area contributed by atoms with Crippen LogP contribution in [0.4, 0.5) is 5.69 Å². The molecule has 6 nitrogen and oxygen atoms in total. The highest BCUT2D eigenvalue weighted by molar-refractivity contribution is 9.10. The van der Waals surface area contributed by atoms with Crippen molar-refractivity contribution in [3.05, 3.63) is 41.1 Å². The molecule has 0 saturated carbocycles. The number of aliphatic hydroxyl groups is 1. The molecule has 1 aliphatic rings. The van der Waals surface area contributed by atoms with Gasteiger partial charge < -0.3 is 23.9 Å². The number of imidazole rings is 1. The largest absolute Gasteiger partial charge is 0.496 e. The fourth-order valence-electron chi connectivity index (χ4n) is 3.33. The summed E-state index contributed by atoms with van der Waals surface area (Å²) in [4.78, 5) is 6.96. The van der Waals surface area contributed by atoms with Gasteiger partial charge in [-0.3, -0.25) is 0 Å². The lowest BCUT2D eigenvalue weighted by Gasteiger charge is -2.17. The summed E-state index contributed by atoms with van der Waals surface area (Å²) in [6, 6.07) is 7.90. The molecule has 1 fully saturated rings. The molecule has 3 aromatic rings. The van der Waals surface area contributed by atoms with E-state index in [0.29, 0.717) is 18.0 Å². The van der Waals surface area contributed by atoms with Crippen molar-refractivity contribution >= 4 is 27.3 Å². The van der Waals surface area contributed by atoms with E-state index in [2.05, 4.69) is 26.9 Å². The van der Waals surface area contributed by atoms with E-state index in [9.17, 15) is 5.11 Å². The Bertz CT molecular complexity index is 957. The quantitative estimate of drug-likeness (QED) is 0.705. The third-order valence-corrected chi connectivity index (χ3v) is 5.34. The van der Waals surface area contributed by atoms with Crippen LogP contribution in [0.5, 0.6) is 11.5 Å². The van der Waals surface area contributed by atoms with Crippen LogP contribution in [0.3, 0.4) is 0 Å².